The van der Waals surface area contributed by atoms with Crippen LogP contribution in [0.15, 0.2) is 42.5 Å². The summed E-state index contributed by atoms with van der Waals surface area (Å²) in [6.45, 7) is 1.49. The maximum absolute atomic E-state index is 12.9. The summed E-state index contributed by atoms with van der Waals surface area (Å²) in [6, 6.07) is 10.8. The molecule has 0 fully saturated rings. The van der Waals surface area contributed by atoms with Crippen molar-refractivity contribution in [3.05, 3.63) is 53.8 Å². The number of methoxy groups -OCH3 is 2. The first-order valence-corrected chi connectivity index (χ1v) is 8.39. The van der Waals surface area contributed by atoms with Crippen molar-refractivity contribution in [1.82, 2.24) is 0 Å². The SMILES string of the molecule is COc1ccc(NC(=O)[C@H](C)OC(=O)CCc2ccc(F)cc2)cc1OC. The molecule has 1 atom stereocenters. The quantitative estimate of drug-likeness (QED) is 0.717. The van der Waals surface area contributed by atoms with E-state index in [2.05, 4.69) is 5.32 Å². The fourth-order valence-corrected chi connectivity index (χ4v) is 2.36. The van der Waals surface area contributed by atoms with Crippen LogP contribution >= 0.6 is 0 Å². The highest BCUT2D eigenvalue weighted by Gasteiger charge is 2.18. The minimum absolute atomic E-state index is 0.0968. The summed E-state index contributed by atoms with van der Waals surface area (Å²) in [5.41, 5.74) is 1.31. The number of carbonyl (C=O) groups excluding carboxylic acids is 2. The van der Waals surface area contributed by atoms with Gasteiger partial charge in [0.15, 0.2) is 17.6 Å². The normalized spacial score (nSPS) is 11.4. The van der Waals surface area contributed by atoms with Crippen molar-refractivity contribution in [3.63, 3.8) is 0 Å². The summed E-state index contributed by atoms with van der Waals surface area (Å²) in [5, 5.41) is 2.66. The van der Waals surface area contributed by atoms with E-state index < -0.39 is 18.0 Å². The predicted molar refractivity (Wildman–Crippen MR) is 98.5 cm³/mol. The maximum atomic E-state index is 12.9. The number of carbonyl (C=O) groups is 2. The molecule has 0 heterocycles. The van der Waals surface area contributed by atoms with E-state index in [0.29, 0.717) is 23.6 Å². The van der Waals surface area contributed by atoms with Gasteiger partial charge in [-0.15, -0.1) is 0 Å². The van der Waals surface area contributed by atoms with E-state index in [-0.39, 0.29) is 12.2 Å². The first-order chi connectivity index (χ1) is 12.9. The summed E-state index contributed by atoms with van der Waals surface area (Å²) in [6.07, 6.45) is -0.457. The minimum Gasteiger partial charge on any atom is -0.493 e. The van der Waals surface area contributed by atoms with Gasteiger partial charge in [0.1, 0.15) is 5.82 Å². The molecule has 0 saturated heterocycles. The van der Waals surface area contributed by atoms with Crippen molar-refractivity contribution in [1.29, 1.82) is 0 Å². The molecular weight excluding hydrogens is 353 g/mol. The summed E-state index contributed by atoms with van der Waals surface area (Å²) < 4.78 is 28.3. The predicted octanol–water partition coefficient (Wildman–Crippen LogP) is 3.35. The second-order valence-corrected chi connectivity index (χ2v) is 5.82. The zero-order valence-electron chi connectivity index (χ0n) is 15.5. The van der Waals surface area contributed by atoms with Crippen LogP contribution < -0.4 is 14.8 Å². The van der Waals surface area contributed by atoms with Gasteiger partial charge in [-0.2, -0.15) is 0 Å². The lowest BCUT2D eigenvalue weighted by atomic mass is 10.1. The van der Waals surface area contributed by atoms with Crippen molar-refractivity contribution in [3.8, 4) is 11.5 Å². The lowest BCUT2D eigenvalue weighted by molar-refractivity contribution is -0.153. The summed E-state index contributed by atoms with van der Waals surface area (Å²) in [5.74, 6) is -0.288. The molecule has 0 aliphatic carbocycles. The third-order valence-corrected chi connectivity index (χ3v) is 3.86. The summed E-state index contributed by atoms with van der Waals surface area (Å²) >= 11 is 0. The molecule has 2 aromatic rings. The topological polar surface area (TPSA) is 73.9 Å². The molecule has 0 aromatic heterocycles. The monoisotopic (exact) mass is 375 g/mol. The zero-order valence-corrected chi connectivity index (χ0v) is 15.5. The Balaban J connectivity index is 1.85. The third-order valence-electron chi connectivity index (χ3n) is 3.86. The van der Waals surface area contributed by atoms with Gasteiger partial charge in [-0.1, -0.05) is 12.1 Å². The highest BCUT2D eigenvalue weighted by Crippen LogP contribution is 2.29. The van der Waals surface area contributed by atoms with Gasteiger partial charge < -0.3 is 19.5 Å². The number of nitrogens with one attached hydrogen (secondary N) is 1. The molecule has 2 rings (SSSR count). The Kier molecular flexibility index (Phi) is 7.16. The van der Waals surface area contributed by atoms with Crippen molar-refractivity contribution >= 4 is 17.6 Å². The van der Waals surface area contributed by atoms with Gasteiger partial charge in [0.25, 0.3) is 5.91 Å². The van der Waals surface area contributed by atoms with Crippen molar-refractivity contribution in [2.75, 3.05) is 19.5 Å². The average Bonchev–Trinajstić information content (AvgIpc) is 2.67. The van der Waals surface area contributed by atoms with E-state index in [1.54, 1.807) is 30.3 Å². The molecule has 0 spiro atoms. The van der Waals surface area contributed by atoms with Gasteiger partial charge in [-0.3, -0.25) is 9.59 Å². The fraction of sp³-hybridized carbons (Fsp3) is 0.300. The van der Waals surface area contributed by atoms with Crippen LogP contribution in [0.1, 0.15) is 18.9 Å². The van der Waals surface area contributed by atoms with E-state index in [4.69, 9.17) is 14.2 Å². The van der Waals surface area contributed by atoms with Crippen molar-refractivity contribution in [2.24, 2.45) is 0 Å². The number of rotatable bonds is 8. The van der Waals surface area contributed by atoms with Crippen LogP contribution in [0.25, 0.3) is 0 Å². The van der Waals surface area contributed by atoms with Gasteiger partial charge in [-0.05, 0) is 43.2 Å². The number of halogens is 1. The molecule has 0 aliphatic heterocycles. The molecular formula is C20H22FNO5. The molecule has 7 heteroatoms. The van der Waals surface area contributed by atoms with E-state index in [9.17, 15) is 14.0 Å². The molecule has 27 heavy (non-hydrogen) atoms. The van der Waals surface area contributed by atoms with E-state index in [1.165, 1.54) is 33.3 Å². The van der Waals surface area contributed by atoms with Crippen LogP contribution in [-0.2, 0) is 20.7 Å². The molecule has 0 aliphatic rings. The van der Waals surface area contributed by atoms with Crippen LogP contribution in [0.4, 0.5) is 10.1 Å². The molecule has 0 unspecified atom stereocenters. The van der Waals surface area contributed by atoms with Gasteiger partial charge >= 0.3 is 5.97 Å². The van der Waals surface area contributed by atoms with Crippen LogP contribution in [0, 0.1) is 5.82 Å². The zero-order chi connectivity index (χ0) is 19.8. The van der Waals surface area contributed by atoms with Crippen molar-refractivity contribution < 1.29 is 28.2 Å². The van der Waals surface area contributed by atoms with Gasteiger partial charge in [0.05, 0.1) is 14.2 Å². The number of hydrogen-bond acceptors (Lipinski definition) is 5. The Morgan fingerprint density at radius 3 is 2.33 bits per heavy atom. The van der Waals surface area contributed by atoms with E-state index in [1.807, 2.05) is 0 Å². The number of hydrogen-bond donors (Lipinski definition) is 1. The van der Waals surface area contributed by atoms with Crippen LogP contribution in [0.3, 0.4) is 0 Å². The Labute approximate surface area is 157 Å². The number of amides is 1. The molecule has 1 N–H and O–H groups in total. The third kappa shape index (κ3) is 5.99. The highest BCUT2D eigenvalue weighted by molar-refractivity contribution is 5.95. The second-order valence-electron chi connectivity index (χ2n) is 5.82. The van der Waals surface area contributed by atoms with E-state index in [0.717, 1.165) is 5.56 Å². The summed E-state index contributed by atoms with van der Waals surface area (Å²) in [4.78, 5) is 24.1. The minimum atomic E-state index is -0.959. The lowest BCUT2D eigenvalue weighted by Gasteiger charge is -2.15. The number of aryl methyl sites for hydroxylation is 1. The number of esters is 1. The van der Waals surface area contributed by atoms with Gasteiger partial charge in [0.2, 0.25) is 0 Å². The Morgan fingerprint density at radius 1 is 1.04 bits per heavy atom. The Hall–Kier alpha value is -3.09. The molecule has 0 bridgehead atoms. The highest BCUT2D eigenvalue weighted by atomic mass is 19.1. The molecule has 1 amide bonds. The standard InChI is InChI=1S/C20H22FNO5/c1-13(27-19(23)11-6-14-4-7-15(21)8-5-14)20(24)22-16-9-10-17(25-2)18(12-16)26-3/h4-5,7-10,12-13H,6,11H2,1-3H3,(H,22,24)/t13-/m0/s1. The smallest absolute Gasteiger partial charge is 0.306 e. The first kappa shape index (κ1) is 20.2. The van der Waals surface area contributed by atoms with Gasteiger partial charge in [-0.25, -0.2) is 4.39 Å². The Bertz CT molecular complexity index is 791. The maximum Gasteiger partial charge on any atom is 0.306 e. The second kappa shape index (κ2) is 9.56. The first-order valence-electron chi connectivity index (χ1n) is 8.39. The number of ether oxygens (including phenoxy) is 3. The molecule has 0 saturated carbocycles. The largest absolute Gasteiger partial charge is 0.493 e. The molecule has 2 aromatic carbocycles. The van der Waals surface area contributed by atoms with Crippen LogP contribution in [0.2, 0.25) is 0 Å². The molecule has 144 valence electrons. The van der Waals surface area contributed by atoms with Crippen molar-refractivity contribution in [2.45, 2.75) is 25.9 Å². The number of benzene rings is 2. The fourth-order valence-electron chi connectivity index (χ4n) is 2.36. The molecule has 6 nitrogen and oxygen atoms in total. The van der Waals surface area contributed by atoms with Crippen LogP contribution in [-0.4, -0.2) is 32.2 Å². The van der Waals surface area contributed by atoms with E-state index >= 15 is 0 Å². The van der Waals surface area contributed by atoms with Crippen LogP contribution in [0.5, 0.6) is 11.5 Å². The summed E-state index contributed by atoms with van der Waals surface area (Å²) in [7, 11) is 3.01. The Morgan fingerprint density at radius 2 is 1.70 bits per heavy atom. The average molecular weight is 375 g/mol. The van der Waals surface area contributed by atoms with Gasteiger partial charge in [0, 0.05) is 18.2 Å². The molecule has 0 radical (unpaired) electrons. The lowest BCUT2D eigenvalue weighted by Crippen LogP contribution is -2.30. The number of anilines is 1.